The summed E-state index contributed by atoms with van der Waals surface area (Å²) in [5.41, 5.74) is 7.31. The predicted octanol–water partition coefficient (Wildman–Crippen LogP) is 1.89. The van der Waals surface area contributed by atoms with E-state index >= 15 is 0 Å². The molecule has 6 heteroatoms. The smallest absolute Gasteiger partial charge is 0.341 e. The summed E-state index contributed by atoms with van der Waals surface area (Å²) in [5, 5.41) is 4.17. The zero-order chi connectivity index (χ0) is 14.0. The molecule has 2 rings (SSSR count). The van der Waals surface area contributed by atoms with Gasteiger partial charge in [0, 0.05) is 13.1 Å². The van der Waals surface area contributed by atoms with Crippen molar-refractivity contribution in [3.63, 3.8) is 0 Å². The van der Waals surface area contributed by atoms with E-state index in [1.807, 2.05) is 6.92 Å². The molecule has 0 aliphatic heterocycles. The molecular weight excluding hydrogens is 246 g/mol. The second-order valence-electron chi connectivity index (χ2n) is 4.07. The van der Waals surface area contributed by atoms with Crippen molar-refractivity contribution in [3.8, 4) is 11.6 Å². The third kappa shape index (κ3) is 2.52. The molecule has 1 aromatic carbocycles. The van der Waals surface area contributed by atoms with Gasteiger partial charge in [0.05, 0.1) is 18.5 Å². The number of carbonyl (C=O) groups is 1. The first-order chi connectivity index (χ1) is 9.02. The minimum Gasteiger partial charge on any atom is -0.465 e. The highest BCUT2D eigenvalue weighted by Crippen LogP contribution is 2.31. The second kappa shape index (κ2) is 5.01. The number of aryl methyl sites for hydroxylation is 2. The van der Waals surface area contributed by atoms with Gasteiger partial charge in [-0.05, 0) is 19.1 Å². The minimum atomic E-state index is -0.499. The molecule has 19 heavy (non-hydrogen) atoms. The molecule has 0 bridgehead atoms. The molecular formula is C13H15N3O3. The van der Waals surface area contributed by atoms with E-state index in [4.69, 9.17) is 15.2 Å². The number of aromatic nitrogens is 2. The van der Waals surface area contributed by atoms with E-state index in [1.165, 1.54) is 7.11 Å². The van der Waals surface area contributed by atoms with Crippen LogP contribution in [0.2, 0.25) is 0 Å². The van der Waals surface area contributed by atoms with Crippen LogP contribution in [0, 0.1) is 6.92 Å². The Hall–Kier alpha value is -2.50. The molecule has 100 valence electrons. The number of rotatable bonds is 3. The molecule has 0 amide bonds. The first kappa shape index (κ1) is 12.9. The molecule has 1 heterocycles. The molecule has 0 saturated carbocycles. The van der Waals surface area contributed by atoms with Crippen LogP contribution < -0.4 is 10.5 Å². The maximum atomic E-state index is 11.7. The number of benzene rings is 1. The van der Waals surface area contributed by atoms with E-state index in [0.29, 0.717) is 11.6 Å². The van der Waals surface area contributed by atoms with Crippen molar-refractivity contribution in [1.29, 1.82) is 0 Å². The monoisotopic (exact) mass is 261 g/mol. The van der Waals surface area contributed by atoms with Crippen LogP contribution in [0.25, 0.3) is 0 Å². The van der Waals surface area contributed by atoms with Gasteiger partial charge in [-0.15, -0.1) is 0 Å². The second-order valence-corrected chi connectivity index (χ2v) is 4.07. The largest absolute Gasteiger partial charge is 0.465 e. The standard InChI is InChI=1S/C13H15N3O3/c1-8-7-11(16(2)15-8)19-12-9(13(17)18-3)5-4-6-10(12)14/h4-7H,14H2,1-3H3. The van der Waals surface area contributed by atoms with Crippen LogP contribution in [-0.4, -0.2) is 22.9 Å². The zero-order valence-electron chi connectivity index (χ0n) is 11.0. The van der Waals surface area contributed by atoms with Crippen LogP contribution in [0.4, 0.5) is 5.69 Å². The summed E-state index contributed by atoms with van der Waals surface area (Å²) in [5.74, 6) is 0.277. The number of esters is 1. The van der Waals surface area contributed by atoms with E-state index in [9.17, 15) is 4.79 Å². The van der Waals surface area contributed by atoms with Gasteiger partial charge >= 0.3 is 5.97 Å². The molecule has 2 aromatic rings. The van der Waals surface area contributed by atoms with Crippen LogP contribution in [0.15, 0.2) is 24.3 Å². The third-order valence-corrected chi connectivity index (χ3v) is 2.62. The van der Waals surface area contributed by atoms with Crippen LogP contribution in [-0.2, 0) is 11.8 Å². The topological polar surface area (TPSA) is 79.4 Å². The number of carbonyl (C=O) groups excluding carboxylic acids is 1. The van der Waals surface area contributed by atoms with Crippen LogP contribution in [0.1, 0.15) is 16.1 Å². The number of ether oxygens (including phenoxy) is 2. The van der Waals surface area contributed by atoms with Crippen molar-refractivity contribution < 1.29 is 14.3 Å². The van der Waals surface area contributed by atoms with Gasteiger partial charge in [0.25, 0.3) is 0 Å². The van der Waals surface area contributed by atoms with Gasteiger partial charge in [0.1, 0.15) is 5.56 Å². The predicted molar refractivity (Wildman–Crippen MR) is 70.2 cm³/mol. The molecule has 0 spiro atoms. The summed E-state index contributed by atoms with van der Waals surface area (Å²) in [7, 11) is 3.06. The fraction of sp³-hybridized carbons (Fsp3) is 0.231. The summed E-state index contributed by atoms with van der Waals surface area (Å²) in [6.07, 6.45) is 0. The lowest BCUT2D eigenvalue weighted by atomic mass is 10.2. The average molecular weight is 261 g/mol. The normalized spacial score (nSPS) is 10.3. The number of hydrogen-bond acceptors (Lipinski definition) is 5. The van der Waals surface area contributed by atoms with E-state index in [1.54, 1.807) is 36.0 Å². The van der Waals surface area contributed by atoms with Gasteiger partial charge in [-0.25, -0.2) is 9.48 Å². The Morgan fingerprint density at radius 3 is 2.74 bits per heavy atom. The Bertz CT molecular complexity index is 620. The van der Waals surface area contributed by atoms with Gasteiger partial charge < -0.3 is 15.2 Å². The maximum absolute atomic E-state index is 11.7. The van der Waals surface area contributed by atoms with Gasteiger partial charge in [0.15, 0.2) is 5.75 Å². The van der Waals surface area contributed by atoms with Crippen molar-refractivity contribution in [2.24, 2.45) is 7.05 Å². The highest BCUT2D eigenvalue weighted by atomic mass is 16.5. The number of nitrogen functional groups attached to an aromatic ring is 1. The fourth-order valence-electron chi connectivity index (χ4n) is 1.73. The zero-order valence-corrected chi connectivity index (χ0v) is 11.0. The highest BCUT2D eigenvalue weighted by molar-refractivity contribution is 5.94. The van der Waals surface area contributed by atoms with Crippen molar-refractivity contribution in [3.05, 3.63) is 35.5 Å². The molecule has 0 atom stereocenters. The molecule has 0 radical (unpaired) electrons. The number of nitrogens with zero attached hydrogens (tertiary/aromatic N) is 2. The Labute approximate surface area is 110 Å². The molecule has 6 nitrogen and oxygen atoms in total. The van der Waals surface area contributed by atoms with Gasteiger partial charge in [-0.2, -0.15) is 5.10 Å². The number of nitrogens with two attached hydrogens (primary N) is 1. The fourth-order valence-corrected chi connectivity index (χ4v) is 1.73. The van der Waals surface area contributed by atoms with Crippen LogP contribution >= 0.6 is 0 Å². The SMILES string of the molecule is COC(=O)c1cccc(N)c1Oc1cc(C)nn1C. The first-order valence-corrected chi connectivity index (χ1v) is 5.68. The van der Waals surface area contributed by atoms with Crippen molar-refractivity contribution in [1.82, 2.24) is 9.78 Å². The Kier molecular flexibility index (Phi) is 3.41. The lowest BCUT2D eigenvalue weighted by Crippen LogP contribution is -2.06. The van der Waals surface area contributed by atoms with Gasteiger partial charge in [0.2, 0.25) is 5.88 Å². The average Bonchev–Trinajstić information content (AvgIpc) is 2.69. The summed E-state index contributed by atoms with van der Waals surface area (Å²) in [6, 6.07) is 6.68. The Balaban J connectivity index is 2.44. The van der Waals surface area contributed by atoms with Crippen LogP contribution in [0.5, 0.6) is 11.6 Å². The molecule has 2 N–H and O–H groups in total. The van der Waals surface area contributed by atoms with E-state index in [-0.39, 0.29) is 11.3 Å². The van der Waals surface area contributed by atoms with E-state index in [2.05, 4.69) is 5.10 Å². The summed E-state index contributed by atoms with van der Waals surface area (Å²) in [4.78, 5) is 11.7. The number of anilines is 1. The Morgan fingerprint density at radius 2 is 2.16 bits per heavy atom. The minimum absolute atomic E-state index is 0.275. The third-order valence-electron chi connectivity index (χ3n) is 2.62. The van der Waals surface area contributed by atoms with Crippen LogP contribution in [0.3, 0.4) is 0 Å². The lowest BCUT2D eigenvalue weighted by Gasteiger charge is -2.11. The Morgan fingerprint density at radius 1 is 1.42 bits per heavy atom. The molecule has 0 fully saturated rings. The number of methoxy groups -OCH3 is 1. The molecule has 0 aliphatic carbocycles. The summed E-state index contributed by atoms with van der Waals surface area (Å²) < 4.78 is 12.0. The highest BCUT2D eigenvalue weighted by Gasteiger charge is 2.17. The van der Waals surface area contributed by atoms with Gasteiger partial charge in [-0.3, -0.25) is 0 Å². The molecule has 1 aromatic heterocycles. The summed E-state index contributed by atoms with van der Waals surface area (Å²) in [6.45, 7) is 1.85. The van der Waals surface area contributed by atoms with Gasteiger partial charge in [-0.1, -0.05) is 6.07 Å². The lowest BCUT2D eigenvalue weighted by molar-refractivity contribution is 0.0598. The van der Waals surface area contributed by atoms with Crippen molar-refractivity contribution >= 4 is 11.7 Å². The van der Waals surface area contributed by atoms with E-state index < -0.39 is 5.97 Å². The quantitative estimate of drug-likeness (QED) is 0.674. The summed E-state index contributed by atoms with van der Waals surface area (Å²) >= 11 is 0. The number of hydrogen-bond donors (Lipinski definition) is 1. The van der Waals surface area contributed by atoms with E-state index in [0.717, 1.165) is 5.69 Å². The molecule has 0 aliphatic rings. The van der Waals surface area contributed by atoms with Crippen molar-refractivity contribution in [2.75, 3.05) is 12.8 Å². The molecule has 0 unspecified atom stereocenters. The number of para-hydroxylation sites is 1. The first-order valence-electron chi connectivity index (χ1n) is 5.68. The molecule has 0 saturated heterocycles. The maximum Gasteiger partial charge on any atom is 0.341 e. The van der Waals surface area contributed by atoms with Crippen molar-refractivity contribution in [2.45, 2.75) is 6.92 Å².